The van der Waals surface area contributed by atoms with Gasteiger partial charge >= 0.3 is 5.97 Å². The Morgan fingerprint density at radius 3 is 2.21 bits per heavy atom. The molecule has 0 saturated heterocycles. The van der Waals surface area contributed by atoms with Crippen LogP contribution in [0.2, 0.25) is 0 Å². The van der Waals surface area contributed by atoms with Crippen molar-refractivity contribution >= 4 is 47.2 Å². The third-order valence-corrected chi connectivity index (χ3v) is 7.23. The number of phenolic OH excluding ortho intramolecular Hbond substituents is 1. The van der Waals surface area contributed by atoms with Crippen molar-refractivity contribution in [1.82, 2.24) is 30.9 Å². The summed E-state index contributed by atoms with van der Waals surface area (Å²) in [4.78, 5) is 61.3. The second kappa shape index (κ2) is 14.4. The quantitative estimate of drug-likeness (QED) is 0.0914. The van der Waals surface area contributed by atoms with E-state index in [1.54, 1.807) is 18.3 Å². The van der Waals surface area contributed by atoms with E-state index in [2.05, 4.69) is 43.5 Å². The monoisotopic (exact) mass is 607 g/mol. The lowest BCUT2D eigenvalue weighted by atomic mass is 10.0. The number of fused-ring (bicyclic) bond motifs is 1. The number of aromatic nitrogens is 3. The summed E-state index contributed by atoms with van der Waals surface area (Å²) in [5.41, 5.74) is 9.01. The predicted octanol–water partition coefficient (Wildman–Crippen LogP) is 0.421. The highest BCUT2D eigenvalue weighted by molar-refractivity contribution is 7.80. The Morgan fingerprint density at radius 2 is 1.53 bits per heavy atom. The van der Waals surface area contributed by atoms with Gasteiger partial charge in [0.25, 0.3) is 0 Å². The Balaban J connectivity index is 1.44. The number of aromatic amines is 2. The topological polar surface area (TPSA) is 215 Å². The number of amides is 3. The maximum absolute atomic E-state index is 13.3. The first-order chi connectivity index (χ1) is 20.6. The molecule has 4 rings (SSSR count). The van der Waals surface area contributed by atoms with Crippen LogP contribution >= 0.6 is 12.6 Å². The molecular weight excluding hydrogens is 574 g/mol. The second-order valence-electron chi connectivity index (χ2n) is 10.0. The number of thiol groups is 1. The number of benzene rings is 2. The van der Waals surface area contributed by atoms with E-state index in [1.165, 1.54) is 24.7 Å². The molecular formula is C29H33N7O6S. The van der Waals surface area contributed by atoms with Gasteiger partial charge in [0.05, 0.1) is 12.4 Å². The normalized spacial score (nSPS) is 13.9. The van der Waals surface area contributed by atoms with Gasteiger partial charge in [0.2, 0.25) is 17.7 Å². The molecule has 0 fully saturated rings. The number of carbonyl (C=O) groups is 4. The van der Waals surface area contributed by atoms with Gasteiger partial charge in [0, 0.05) is 47.6 Å². The van der Waals surface area contributed by atoms with E-state index in [9.17, 15) is 29.4 Å². The highest BCUT2D eigenvalue weighted by Gasteiger charge is 2.30. The maximum atomic E-state index is 13.3. The number of carboxylic acid groups (broad SMARTS) is 1. The molecule has 9 N–H and O–H groups in total. The molecule has 226 valence electrons. The molecule has 0 bridgehead atoms. The zero-order valence-corrected chi connectivity index (χ0v) is 23.9. The number of nitrogens with one attached hydrogen (secondary N) is 5. The average molecular weight is 608 g/mol. The number of nitrogens with two attached hydrogens (primary N) is 1. The van der Waals surface area contributed by atoms with Crippen LogP contribution in [0.25, 0.3) is 10.9 Å². The van der Waals surface area contributed by atoms with E-state index in [-0.39, 0.29) is 30.8 Å². The van der Waals surface area contributed by atoms with E-state index >= 15 is 0 Å². The number of hydrogen-bond acceptors (Lipinski definition) is 8. The van der Waals surface area contributed by atoms with E-state index in [0.717, 1.165) is 16.5 Å². The summed E-state index contributed by atoms with van der Waals surface area (Å²) in [6, 6.07) is 8.96. The smallest absolute Gasteiger partial charge is 0.326 e. The SMILES string of the molecule is NC(Cc1c[nH]c2ccccc12)C(=O)NC(CS)C(=O)NC(Cc1ccc(O)cc1)C(=O)NC(Cc1cnc[nH]1)C(=O)O. The van der Waals surface area contributed by atoms with Crippen molar-refractivity contribution in [2.24, 2.45) is 5.73 Å². The molecule has 0 saturated carbocycles. The fraction of sp³-hybridized carbons (Fsp3) is 0.276. The van der Waals surface area contributed by atoms with Crippen molar-refractivity contribution in [3.63, 3.8) is 0 Å². The van der Waals surface area contributed by atoms with E-state index in [0.29, 0.717) is 11.3 Å². The Hall–Kier alpha value is -4.82. The summed E-state index contributed by atoms with van der Waals surface area (Å²) in [5.74, 6) is -3.40. The lowest BCUT2D eigenvalue weighted by Gasteiger charge is -2.24. The van der Waals surface area contributed by atoms with Crippen LogP contribution < -0.4 is 21.7 Å². The number of hydrogen-bond donors (Lipinski definition) is 9. The van der Waals surface area contributed by atoms with Crippen LogP contribution in [0, 0.1) is 0 Å². The summed E-state index contributed by atoms with van der Waals surface area (Å²) in [5, 5.41) is 27.9. The lowest BCUT2D eigenvalue weighted by Crippen LogP contribution is -2.58. The highest BCUT2D eigenvalue weighted by atomic mass is 32.1. The molecule has 0 radical (unpaired) electrons. The van der Waals surface area contributed by atoms with Crippen molar-refractivity contribution in [1.29, 1.82) is 0 Å². The molecule has 4 atom stereocenters. The number of imidazole rings is 1. The first-order valence-corrected chi connectivity index (χ1v) is 14.1. The number of carboxylic acids is 1. The first-order valence-electron chi connectivity index (χ1n) is 13.4. The zero-order chi connectivity index (χ0) is 30.9. The summed E-state index contributed by atoms with van der Waals surface area (Å²) in [6.07, 6.45) is 4.74. The van der Waals surface area contributed by atoms with Crippen molar-refractivity contribution in [3.05, 3.63) is 84.1 Å². The van der Waals surface area contributed by atoms with Gasteiger partial charge in [-0.05, 0) is 35.7 Å². The third kappa shape index (κ3) is 8.36. The van der Waals surface area contributed by atoms with Gasteiger partial charge in [0.1, 0.15) is 23.9 Å². The Labute approximate surface area is 252 Å². The van der Waals surface area contributed by atoms with E-state index in [4.69, 9.17) is 5.73 Å². The molecule has 2 aromatic carbocycles. The molecule has 43 heavy (non-hydrogen) atoms. The molecule has 2 heterocycles. The van der Waals surface area contributed by atoms with Crippen molar-refractivity contribution in [2.45, 2.75) is 43.4 Å². The number of rotatable bonds is 14. The third-order valence-electron chi connectivity index (χ3n) is 6.87. The van der Waals surface area contributed by atoms with E-state index < -0.39 is 47.9 Å². The lowest BCUT2D eigenvalue weighted by molar-refractivity contribution is -0.142. The fourth-order valence-corrected chi connectivity index (χ4v) is 4.80. The van der Waals surface area contributed by atoms with Gasteiger partial charge in [-0.1, -0.05) is 30.3 Å². The highest BCUT2D eigenvalue weighted by Crippen LogP contribution is 2.19. The summed E-state index contributed by atoms with van der Waals surface area (Å²) >= 11 is 4.22. The summed E-state index contributed by atoms with van der Waals surface area (Å²) < 4.78 is 0. The van der Waals surface area contributed by atoms with Crippen LogP contribution in [0.5, 0.6) is 5.75 Å². The van der Waals surface area contributed by atoms with Gasteiger partial charge in [-0.15, -0.1) is 0 Å². The molecule has 0 aliphatic rings. The average Bonchev–Trinajstić information content (AvgIpc) is 3.66. The first kappa shape index (κ1) is 31.1. The van der Waals surface area contributed by atoms with Crippen LogP contribution in [0.3, 0.4) is 0 Å². The Bertz CT molecular complexity index is 1560. The van der Waals surface area contributed by atoms with Crippen LogP contribution in [0.4, 0.5) is 0 Å². The predicted molar refractivity (Wildman–Crippen MR) is 161 cm³/mol. The number of carbonyl (C=O) groups excluding carboxylic acids is 3. The van der Waals surface area contributed by atoms with Crippen molar-refractivity contribution in [3.8, 4) is 5.75 Å². The number of phenols is 1. The van der Waals surface area contributed by atoms with Crippen LogP contribution in [0.15, 0.2) is 67.3 Å². The van der Waals surface area contributed by atoms with Gasteiger partial charge in [-0.2, -0.15) is 12.6 Å². The molecule has 0 spiro atoms. The van der Waals surface area contributed by atoms with Crippen LogP contribution in [-0.4, -0.2) is 78.8 Å². The van der Waals surface area contributed by atoms with Gasteiger partial charge < -0.3 is 41.9 Å². The molecule has 3 amide bonds. The molecule has 0 aliphatic carbocycles. The summed E-state index contributed by atoms with van der Waals surface area (Å²) in [6.45, 7) is 0. The number of aliphatic carboxylic acids is 1. The molecule has 4 unspecified atom stereocenters. The van der Waals surface area contributed by atoms with Gasteiger partial charge in [-0.3, -0.25) is 14.4 Å². The van der Waals surface area contributed by atoms with Gasteiger partial charge in [-0.25, -0.2) is 9.78 Å². The number of nitrogens with zero attached hydrogens (tertiary/aromatic N) is 1. The maximum Gasteiger partial charge on any atom is 0.326 e. The Kier molecular flexibility index (Phi) is 10.4. The fourth-order valence-electron chi connectivity index (χ4n) is 4.54. The molecule has 13 nitrogen and oxygen atoms in total. The zero-order valence-electron chi connectivity index (χ0n) is 23.0. The Morgan fingerprint density at radius 1 is 0.860 bits per heavy atom. The molecule has 14 heteroatoms. The summed E-state index contributed by atoms with van der Waals surface area (Å²) in [7, 11) is 0. The molecule has 0 aliphatic heterocycles. The van der Waals surface area contributed by atoms with Crippen molar-refractivity contribution in [2.75, 3.05) is 5.75 Å². The second-order valence-corrected chi connectivity index (χ2v) is 10.4. The number of aromatic hydroxyl groups is 1. The largest absolute Gasteiger partial charge is 0.508 e. The minimum absolute atomic E-state index is 0.0149. The van der Waals surface area contributed by atoms with Crippen molar-refractivity contribution < 1.29 is 29.4 Å². The van der Waals surface area contributed by atoms with Gasteiger partial charge in [0.15, 0.2) is 0 Å². The standard InChI is InChI=1S/C29H33N7O6S/c30-21(10-17-12-32-22-4-2-1-3-20(17)22)26(38)36-25(14-43)28(40)34-23(9-16-5-7-19(37)8-6-16)27(39)35-24(29(41)42)11-18-13-31-15-33-18/h1-8,12-13,15,21,23-25,32,37,43H,9-11,14,30H2,(H,31,33)(H,34,40)(H,35,39)(H,36,38)(H,41,42). The number of H-pyrrole nitrogens is 2. The molecule has 4 aromatic rings. The minimum Gasteiger partial charge on any atom is -0.508 e. The van der Waals surface area contributed by atoms with Crippen LogP contribution in [0.1, 0.15) is 16.8 Å². The molecule has 2 aromatic heterocycles. The minimum atomic E-state index is -1.31. The number of para-hydroxylation sites is 1. The van der Waals surface area contributed by atoms with Crippen LogP contribution in [-0.2, 0) is 38.4 Å². The van der Waals surface area contributed by atoms with E-state index in [1.807, 2.05) is 24.3 Å².